The summed E-state index contributed by atoms with van der Waals surface area (Å²) in [5.74, 6) is 0.619. The number of thiazole rings is 1. The van der Waals surface area contributed by atoms with Gasteiger partial charge in [0.2, 0.25) is 5.89 Å². The van der Waals surface area contributed by atoms with Gasteiger partial charge in [-0.05, 0) is 12.1 Å². The molecule has 6 nitrogen and oxygen atoms in total. The lowest BCUT2D eigenvalue weighted by Crippen LogP contribution is -2.11. The molecule has 0 amide bonds. The molecule has 0 saturated heterocycles. The molecule has 0 aromatic carbocycles. The highest BCUT2D eigenvalue weighted by Gasteiger charge is 2.21. The molecule has 3 heterocycles. The van der Waals surface area contributed by atoms with Crippen LogP contribution in [0.3, 0.4) is 0 Å². The number of hydrogen-bond donors (Lipinski definition) is 1. The van der Waals surface area contributed by atoms with Crippen molar-refractivity contribution in [1.82, 2.24) is 20.2 Å². The number of nitrogens with one attached hydrogen (secondary N) is 1. The zero-order valence-corrected chi connectivity index (χ0v) is 13.5. The monoisotopic (exact) mass is 315 g/mol. The molecule has 7 heteroatoms. The van der Waals surface area contributed by atoms with Crippen molar-refractivity contribution in [1.29, 1.82) is 0 Å². The molecule has 0 bridgehead atoms. The van der Waals surface area contributed by atoms with Crippen LogP contribution in [0.15, 0.2) is 35.0 Å². The van der Waals surface area contributed by atoms with Crippen LogP contribution < -0.4 is 5.32 Å². The summed E-state index contributed by atoms with van der Waals surface area (Å²) in [5.41, 5.74) is 0.732. The Morgan fingerprint density at radius 1 is 1.18 bits per heavy atom. The van der Waals surface area contributed by atoms with E-state index >= 15 is 0 Å². The Kier molecular flexibility index (Phi) is 3.89. The van der Waals surface area contributed by atoms with Crippen LogP contribution in [0, 0.1) is 0 Å². The van der Waals surface area contributed by atoms with Crippen LogP contribution in [0.1, 0.15) is 31.5 Å². The number of aromatic nitrogens is 4. The molecule has 0 unspecified atom stereocenters. The average molecular weight is 315 g/mol. The predicted octanol–water partition coefficient (Wildman–Crippen LogP) is 3.50. The van der Waals surface area contributed by atoms with E-state index < -0.39 is 0 Å². The lowest BCUT2D eigenvalue weighted by molar-refractivity contribution is 0.399. The Bertz CT molecular complexity index is 745. The van der Waals surface area contributed by atoms with E-state index in [-0.39, 0.29) is 5.41 Å². The minimum Gasteiger partial charge on any atom is -0.408 e. The molecule has 0 radical (unpaired) electrons. The second-order valence-electron chi connectivity index (χ2n) is 5.86. The largest absolute Gasteiger partial charge is 0.408 e. The molecular formula is C15H17N5OS. The van der Waals surface area contributed by atoms with E-state index in [1.54, 1.807) is 17.5 Å². The molecule has 0 aliphatic rings. The second-order valence-corrected chi connectivity index (χ2v) is 6.98. The Morgan fingerprint density at radius 3 is 2.73 bits per heavy atom. The highest BCUT2D eigenvalue weighted by molar-refractivity contribution is 7.15. The van der Waals surface area contributed by atoms with Crippen molar-refractivity contribution >= 4 is 17.4 Å². The molecule has 3 aromatic heterocycles. The Labute approximate surface area is 132 Å². The third-order valence-corrected chi connectivity index (χ3v) is 3.94. The normalized spacial score (nSPS) is 11.6. The molecule has 0 fully saturated rings. The molecule has 0 atom stereocenters. The fourth-order valence-electron chi connectivity index (χ4n) is 1.76. The predicted molar refractivity (Wildman–Crippen MR) is 85.7 cm³/mol. The highest BCUT2D eigenvalue weighted by atomic mass is 32.1. The molecule has 0 aliphatic carbocycles. The van der Waals surface area contributed by atoms with Gasteiger partial charge in [-0.15, -0.1) is 16.4 Å². The second kappa shape index (κ2) is 5.84. The summed E-state index contributed by atoms with van der Waals surface area (Å²) < 4.78 is 5.60. The number of hydrogen-bond acceptors (Lipinski definition) is 7. The van der Waals surface area contributed by atoms with Crippen LogP contribution in [0.25, 0.3) is 10.7 Å². The molecule has 0 spiro atoms. The minimum atomic E-state index is -0.149. The fraction of sp³-hybridized carbons (Fsp3) is 0.333. The van der Waals surface area contributed by atoms with E-state index in [4.69, 9.17) is 4.42 Å². The summed E-state index contributed by atoms with van der Waals surface area (Å²) in [6, 6.07) is 6.22. The van der Waals surface area contributed by atoms with Gasteiger partial charge >= 0.3 is 6.01 Å². The number of rotatable bonds is 4. The van der Waals surface area contributed by atoms with Crippen molar-refractivity contribution in [2.75, 3.05) is 5.32 Å². The third kappa shape index (κ3) is 3.30. The van der Waals surface area contributed by atoms with Crippen LogP contribution in [-0.4, -0.2) is 20.2 Å². The smallest absolute Gasteiger partial charge is 0.315 e. The first kappa shape index (κ1) is 14.6. The molecule has 0 saturated carbocycles. The van der Waals surface area contributed by atoms with Gasteiger partial charge in [0.05, 0.1) is 12.2 Å². The van der Waals surface area contributed by atoms with Gasteiger partial charge in [0.25, 0.3) is 0 Å². The third-order valence-electron chi connectivity index (χ3n) is 2.92. The van der Waals surface area contributed by atoms with E-state index in [1.807, 2.05) is 45.2 Å². The van der Waals surface area contributed by atoms with Crippen molar-refractivity contribution in [2.45, 2.75) is 32.7 Å². The zero-order valence-electron chi connectivity index (χ0n) is 12.7. The lowest BCUT2D eigenvalue weighted by atomic mass is 9.97. The lowest BCUT2D eigenvalue weighted by Gasteiger charge is -2.10. The quantitative estimate of drug-likeness (QED) is 0.794. The van der Waals surface area contributed by atoms with Crippen LogP contribution >= 0.6 is 11.3 Å². The minimum absolute atomic E-state index is 0.149. The maximum Gasteiger partial charge on any atom is 0.315 e. The fourth-order valence-corrected chi connectivity index (χ4v) is 2.59. The van der Waals surface area contributed by atoms with Gasteiger partial charge in [0, 0.05) is 22.7 Å². The summed E-state index contributed by atoms with van der Waals surface area (Å²) in [6.07, 6.45) is 3.60. The van der Waals surface area contributed by atoms with Gasteiger partial charge < -0.3 is 9.73 Å². The Morgan fingerprint density at radius 2 is 2.05 bits per heavy atom. The first-order valence-corrected chi connectivity index (χ1v) is 7.78. The summed E-state index contributed by atoms with van der Waals surface area (Å²) in [6.45, 7) is 6.70. The van der Waals surface area contributed by atoms with Crippen LogP contribution in [0.2, 0.25) is 0 Å². The maximum atomic E-state index is 5.60. The molecule has 3 aromatic rings. The molecule has 114 valence electrons. The van der Waals surface area contributed by atoms with Crippen molar-refractivity contribution < 1.29 is 4.42 Å². The number of anilines is 1. The molecule has 0 aliphatic heterocycles. The standard InChI is InChI=1S/C15H17N5OS/c1-15(2,3)13-19-20-14(21-13)18-9-10-8-17-12(22-10)11-6-4-5-7-16-11/h4-8H,9H2,1-3H3,(H,18,20). The molecule has 1 N–H and O–H groups in total. The zero-order chi connectivity index (χ0) is 15.6. The van der Waals surface area contributed by atoms with Gasteiger partial charge in [0.1, 0.15) is 5.01 Å². The van der Waals surface area contributed by atoms with E-state index in [9.17, 15) is 0 Å². The van der Waals surface area contributed by atoms with Gasteiger partial charge in [-0.2, -0.15) is 0 Å². The highest BCUT2D eigenvalue weighted by Crippen LogP contribution is 2.25. The van der Waals surface area contributed by atoms with Crippen molar-refractivity contribution in [3.05, 3.63) is 41.4 Å². The van der Waals surface area contributed by atoms with Gasteiger partial charge in [-0.25, -0.2) is 4.98 Å². The summed E-state index contributed by atoms with van der Waals surface area (Å²) in [7, 11) is 0. The maximum absolute atomic E-state index is 5.60. The van der Waals surface area contributed by atoms with Crippen LogP contribution in [0.4, 0.5) is 6.01 Å². The Hall–Kier alpha value is -2.28. The molecule has 3 rings (SSSR count). The van der Waals surface area contributed by atoms with E-state index in [0.717, 1.165) is 15.6 Å². The van der Waals surface area contributed by atoms with Gasteiger partial charge in [0.15, 0.2) is 0 Å². The first-order chi connectivity index (χ1) is 10.5. The summed E-state index contributed by atoms with van der Waals surface area (Å²) in [5, 5.41) is 12.1. The topological polar surface area (TPSA) is 76.7 Å². The van der Waals surface area contributed by atoms with E-state index in [0.29, 0.717) is 18.5 Å². The average Bonchev–Trinajstić information content (AvgIpc) is 3.15. The molecule has 22 heavy (non-hydrogen) atoms. The van der Waals surface area contributed by atoms with Crippen LogP contribution in [-0.2, 0) is 12.0 Å². The summed E-state index contributed by atoms with van der Waals surface area (Å²) >= 11 is 1.59. The van der Waals surface area contributed by atoms with Crippen molar-refractivity contribution in [3.63, 3.8) is 0 Å². The SMILES string of the molecule is CC(C)(C)c1nnc(NCc2cnc(-c3ccccn3)s2)o1. The first-order valence-electron chi connectivity index (χ1n) is 6.96. The van der Waals surface area contributed by atoms with Crippen molar-refractivity contribution in [2.24, 2.45) is 0 Å². The Balaban J connectivity index is 1.65. The van der Waals surface area contributed by atoms with Gasteiger partial charge in [-0.3, -0.25) is 4.98 Å². The molecular weight excluding hydrogens is 298 g/mol. The number of nitrogens with zero attached hydrogens (tertiary/aromatic N) is 4. The van der Waals surface area contributed by atoms with E-state index in [1.165, 1.54) is 0 Å². The van der Waals surface area contributed by atoms with Crippen LogP contribution in [0.5, 0.6) is 0 Å². The number of pyridine rings is 1. The van der Waals surface area contributed by atoms with E-state index in [2.05, 4.69) is 25.5 Å². The summed E-state index contributed by atoms with van der Waals surface area (Å²) in [4.78, 5) is 9.77. The van der Waals surface area contributed by atoms with Crippen molar-refractivity contribution in [3.8, 4) is 10.7 Å². The van der Waals surface area contributed by atoms with Gasteiger partial charge in [-0.1, -0.05) is 31.9 Å².